The van der Waals surface area contributed by atoms with Gasteiger partial charge in [-0.1, -0.05) is 0 Å². The summed E-state index contributed by atoms with van der Waals surface area (Å²) in [6, 6.07) is 32.5. The van der Waals surface area contributed by atoms with Crippen LogP contribution in [0.3, 0.4) is 0 Å². The molecule has 0 spiro atoms. The topological polar surface area (TPSA) is 60.7 Å². The van der Waals surface area contributed by atoms with Crippen LogP contribution in [0.4, 0.5) is 0 Å². The molecule has 6 rings (SSSR count). The third-order valence-electron chi connectivity index (χ3n) is 14.8. The summed E-state index contributed by atoms with van der Waals surface area (Å²) in [5, 5.41) is 4.99. The third-order valence-corrected chi connectivity index (χ3v) is 17.4. The molecule has 4 heteroatoms. The van der Waals surface area contributed by atoms with Crippen LogP contribution in [0.5, 0.6) is 0 Å². The van der Waals surface area contributed by atoms with Crippen molar-refractivity contribution in [3.8, 4) is 22.3 Å². The molecule has 6 unspecified atom stereocenters. The van der Waals surface area contributed by atoms with E-state index in [4.69, 9.17) is 0 Å². The molecule has 0 fully saturated rings. The van der Waals surface area contributed by atoms with Gasteiger partial charge < -0.3 is 0 Å². The van der Waals surface area contributed by atoms with E-state index in [0.717, 1.165) is 77.1 Å². The summed E-state index contributed by atoms with van der Waals surface area (Å²) in [5.41, 5.74) is 11.8. The van der Waals surface area contributed by atoms with Crippen LogP contribution in [-0.2, 0) is 0 Å². The van der Waals surface area contributed by atoms with Gasteiger partial charge in [-0.25, -0.2) is 0 Å². The predicted octanol–water partition coefficient (Wildman–Crippen LogP) is 15.9. The maximum absolute atomic E-state index is 13.3. The van der Waals surface area contributed by atoms with Gasteiger partial charge in [-0.2, -0.15) is 0 Å². The summed E-state index contributed by atoms with van der Waals surface area (Å²) < 4.78 is 0. The van der Waals surface area contributed by atoms with E-state index in [-0.39, 0.29) is 28.4 Å². The Morgan fingerprint density at radius 1 is 0.426 bits per heavy atom. The molecule has 0 heterocycles. The van der Waals surface area contributed by atoms with Crippen molar-refractivity contribution in [3.05, 3.63) is 130 Å². The second-order valence-corrected chi connectivity index (χ2v) is 21.8. The molecule has 0 aromatic heterocycles. The molecule has 0 saturated heterocycles. The summed E-state index contributed by atoms with van der Waals surface area (Å²) in [7, 11) is -5.90. The van der Waals surface area contributed by atoms with Crippen molar-refractivity contribution in [1.29, 1.82) is 0 Å². The van der Waals surface area contributed by atoms with Crippen LogP contribution in [0.15, 0.2) is 91.0 Å². The van der Waals surface area contributed by atoms with Gasteiger partial charge in [0.15, 0.2) is 0 Å². The Morgan fingerprint density at radius 3 is 1.36 bits per heavy atom. The van der Waals surface area contributed by atoms with E-state index in [2.05, 4.69) is 163 Å². The molecule has 6 aromatic carbocycles. The van der Waals surface area contributed by atoms with Crippen molar-refractivity contribution >= 4 is 39.4 Å². The molecule has 6 atom stereocenters. The third kappa shape index (κ3) is 8.88. The van der Waals surface area contributed by atoms with Crippen molar-refractivity contribution in [2.24, 2.45) is 0 Å². The van der Waals surface area contributed by atoms with Gasteiger partial charge >= 0.3 is 370 Å². The molecule has 0 aliphatic heterocycles. The molecule has 6 aromatic rings. The van der Waals surface area contributed by atoms with E-state index in [1.165, 1.54) is 38.6 Å². The van der Waals surface area contributed by atoms with E-state index >= 15 is 0 Å². The van der Waals surface area contributed by atoms with Crippen molar-refractivity contribution in [2.45, 2.75) is 164 Å². The van der Waals surface area contributed by atoms with Crippen molar-refractivity contribution < 1.29 is 14.7 Å². The fourth-order valence-electron chi connectivity index (χ4n) is 9.34. The van der Waals surface area contributed by atoms with Gasteiger partial charge in [0.1, 0.15) is 0 Å². The van der Waals surface area contributed by atoms with Crippen LogP contribution in [0.25, 0.3) is 43.8 Å². The average Bonchev–Trinajstić information content (AvgIpc) is 3.27. The fraction of sp³-hybridized carbons (Fsp3) is 0.439. The van der Waals surface area contributed by atoms with Gasteiger partial charge in [0.25, 0.3) is 0 Å². The Bertz CT molecular complexity index is 2500. The summed E-state index contributed by atoms with van der Waals surface area (Å²) in [4.78, 5) is 40.0. The number of aryl methyl sites for hydroxylation is 1. The van der Waals surface area contributed by atoms with E-state index in [1.54, 1.807) is 6.07 Å². The summed E-state index contributed by atoms with van der Waals surface area (Å²) in [6.45, 7) is 29.1. The van der Waals surface area contributed by atoms with Gasteiger partial charge in [0, 0.05) is 0 Å². The van der Waals surface area contributed by atoms with Gasteiger partial charge in [-0.3, -0.25) is 0 Å². The van der Waals surface area contributed by atoms with Gasteiger partial charge in [-0.15, -0.1) is 0 Å². The molecule has 0 saturated carbocycles. The second kappa shape index (κ2) is 18.5. The number of hydrogen-bond acceptors (Lipinski definition) is 3. The van der Waals surface area contributed by atoms with Crippen molar-refractivity contribution in [2.75, 3.05) is 0 Å². The Morgan fingerprint density at radius 2 is 0.869 bits per heavy atom. The minimum atomic E-state index is -5.90. The first-order valence-electron chi connectivity index (χ1n) is 23.6. The van der Waals surface area contributed by atoms with Crippen LogP contribution in [0.2, 0.25) is 0 Å². The maximum atomic E-state index is 13.3. The van der Waals surface area contributed by atoms with E-state index < -0.39 is 7.28 Å². The Labute approximate surface area is 368 Å². The molecule has 0 aliphatic carbocycles. The van der Waals surface area contributed by atoms with Crippen molar-refractivity contribution in [3.63, 3.8) is 0 Å². The Balaban J connectivity index is 1.77. The minimum absolute atomic E-state index is 0.0329. The fourth-order valence-corrected chi connectivity index (χ4v) is 11.8. The first-order chi connectivity index (χ1) is 28.9. The zero-order valence-electron chi connectivity index (χ0n) is 39.7. The standard InChI is InChI=1S/C57H75O3P/c1-14-36(8)43-27-45-31-50(40(12)18-5)54(33-52(45)48(29-43)38(10)16-3)47-21-20-22-55(57(47)42-25-23-35(7)24-26-42)61(58,59,60)56-34-53-46(32-51(56)41(13)19-6)28-44(37(9)15-2)30-49(53)39(11)17-4/h20-34,36-41,58-60H,14-19H2,1-13H3. The van der Waals surface area contributed by atoms with Gasteiger partial charge in [-0.05, 0) is 0 Å². The number of benzene rings is 6. The monoisotopic (exact) mass is 839 g/mol. The van der Waals surface area contributed by atoms with Crippen LogP contribution >= 0.6 is 7.28 Å². The molecule has 0 bridgehead atoms. The molecule has 61 heavy (non-hydrogen) atoms. The normalized spacial score (nSPS) is 15.9. The average molecular weight is 839 g/mol. The van der Waals surface area contributed by atoms with Crippen LogP contribution in [0, 0.1) is 6.92 Å². The summed E-state index contributed by atoms with van der Waals surface area (Å²) >= 11 is 0. The van der Waals surface area contributed by atoms with Crippen LogP contribution in [-0.4, -0.2) is 14.7 Å². The van der Waals surface area contributed by atoms with Crippen molar-refractivity contribution in [1.82, 2.24) is 0 Å². The predicted molar refractivity (Wildman–Crippen MR) is 269 cm³/mol. The number of rotatable bonds is 16. The zero-order valence-corrected chi connectivity index (χ0v) is 40.6. The first kappa shape index (κ1) is 46.6. The molecule has 326 valence electrons. The molecular formula is C57H75O3P. The summed E-state index contributed by atoms with van der Waals surface area (Å²) in [5.74, 6) is 1.66. The second-order valence-electron chi connectivity index (χ2n) is 18.9. The van der Waals surface area contributed by atoms with E-state index in [0.29, 0.717) is 23.3 Å². The van der Waals surface area contributed by atoms with Crippen LogP contribution in [0.1, 0.15) is 196 Å². The van der Waals surface area contributed by atoms with E-state index in [9.17, 15) is 14.7 Å². The number of fused-ring (bicyclic) bond motifs is 2. The Hall–Kier alpha value is -3.85. The van der Waals surface area contributed by atoms with E-state index in [1.807, 2.05) is 12.1 Å². The SMILES string of the molecule is CCC(C)c1cc(C(C)CC)c2cc(-c3cccc(P(O)(O)(O)c4cc5c(C(C)CC)cc(C(C)CC)cc5cc4C(C)CC)c3-c3ccc(C)cc3)c(C(C)CC)cc2c1. The molecular weight excluding hydrogens is 764 g/mol. The quantitative estimate of drug-likeness (QED) is 0.0851. The summed E-state index contributed by atoms with van der Waals surface area (Å²) in [6.07, 6.45) is 5.83. The molecule has 0 aliphatic rings. The van der Waals surface area contributed by atoms with Gasteiger partial charge in [0.2, 0.25) is 0 Å². The molecule has 3 nitrogen and oxygen atoms in total. The van der Waals surface area contributed by atoms with Crippen LogP contribution < -0.4 is 10.6 Å². The number of hydrogen-bond donors (Lipinski definition) is 3. The molecule has 0 radical (unpaired) electrons. The molecule has 3 N–H and O–H groups in total. The first-order valence-corrected chi connectivity index (χ1v) is 25.7. The van der Waals surface area contributed by atoms with Gasteiger partial charge in [0.05, 0.1) is 0 Å². The molecule has 0 amide bonds. The zero-order chi connectivity index (χ0) is 44.6. The Kier molecular flexibility index (Phi) is 14.1.